The zero-order valence-electron chi connectivity index (χ0n) is 8.67. The molecule has 0 spiro atoms. The van der Waals surface area contributed by atoms with Gasteiger partial charge in [-0.2, -0.15) is 0 Å². The minimum atomic E-state index is -0.975. The van der Waals surface area contributed by atoms with Crippen LogP contribution in [0.2, 0.25) is 0 Å². The maximum atomic E-state index is 10.1. The second-order valence-corrected chi connectivity index (χ2v) is 4.21. The molecule has 0 bridgehead atoms. The van der Waals surface area contributed by atoms with Crippen molar-refractivity contribution in [1.29, 1.82) is 0 Å². The maximum absolute atomic E-state index is 10.1. The lowest BCUT2D eigenvalue weighted by Gasteiger charge is -2.28. The summed E-state index contributed by atoms with van der Waals surface area (Å²) in [6.45, 7) is 3.76. The molecular formula is C9H20N2O2. The summed E-state index contributed by atoms with van der Waals surface area (Å²) in [7, 11) is 1.76. The first-order chi connectivity index (χ1) is 5.90. The number of unbranched alkanes of at least 4 members (excludes halogenated alkanes) is 1. The molecule has 0 aromatic carbocycles. The average Bonchev–Trinajstić information content (AvgIpc) is 2.18. The molecule has 2 atom stereocenters. The SMILES string of the molecule is CCCCC1(O)CC(C)(O)NN1C. The van der Waals surface area contributed by atoms with E-state index in [0.717, 1.165) is 12.8 Å². The molecule has 2 unspecified atom stereocenters. The molecule has 1 aliphatic heterocycles. The Morgan fingerprint density at radius 3 is 2.46 bits per heavy atom. The van der Waals surface area contributed by atoms with Crippen molar-refractivity contribution in [2.45, 2.75) is 51.0 Å². The van der Waals surface area contributed by atoms with Gasteiger partial charge >= 0.3 is 0 Å². The van der Waals surface area contributed by atoms with Crippen LogP contribution < -0.4 is 5.43 Å². The summed E-state index contributed by atoms with van der Waals surface area (Å²) in [5, 5.41) is 21.4. The quantitative estimate of drug-likeness (QED) is 0.600. The van der Waals surface area contributed by atoms with Gasteiger partial charge < -0.3 is 10.2 Å². The Hall–Kier alpha value is -0.160. The highest BCUT2D eigenvalue weighted by molar-refractivity contribution is 4.90. The van der Waals surface area contributed by atoms with Crippen molar-refractivity contribution in [3.8, 4) is 0 Å². The van der Waals surface area contributed by atoms with Gasteiger partial charge in [-0.15, -0.1) is 0 Å². The van der Waals surface area contributed by atoms with E-state index in [4.69, 9.17) is 0 Å². The van der Waals surface area contributed by atoms with Crippen molar-refractivity contribution in [3.63, 3.8) is 0 Å². The molecule has 0 aromatic heterocycles. The molecule has 78 valence electrons. The van der Waals surface area contributed by atoms with Crippen molar-refractivity contribution in [3.05, 3.63) is 0 Å². The van der Waals surface area contributed by atoms with Crippen molar-refractivity contribution >= 4 is 0 Å². The number of nitrogens with zero attached hydrogens (tertiary/aromatic N) is 1. The lowest BCUT2D eigenvalue weighted by molar-refractivity contribution is -0.0916. The number of aliphatic hydroxyl groups is 2. The van der Waals surface area contributed by atoms with Crippen LogP contribution in [0.15, 0.2) is 0 Å². The third-order valence-electron chi connectivity index (χ3n) is 2.59. The van der Waals surface area contributed by atoms with E-state index >= 15 is 0 Å². The minimum absolute atomic E-state index is 0.358. The molecule has 1 saturated heterocycles. The highest BCUT2D eigenvalue weighted by atomic mass is 16.4. The van der Waals surface area contributed by atoms with Gasteiger partial charge in [-0.25, -0.2) is 10.4 Å². The fourth-order valence-corrected chi connectivity index (χ4v) is 1.89. The van der Waals surface area contributed by atoms with Crippen LogP contribution in [0.3, 0.4) is 0 Å². The molecule has 1 aliphatic rings. The first-order valence-electron chi connectivity index (χ1n) is 4.86. The van der Waals surface area contributed by atoms with Crippen LogP contribution in [0.5, 0.6) is 0 Å². The molecule has 1 heterocycles. The van der Waals surface area contributed by atoms with Gasteiger partial charge in [-0.3, -0.25) is 0 Å². The van der Waals surface area contributed by atoms with Crippen LogP contribution in [-0.2, 0) is 0 Å². The Kier molecular flexibility index (Phi) is 2.97. The molecule has 0 aliphatic carbocycles. The Balaban J connectivity index is 2.58. The highest BCUT2D eigenvalue weighted by Crippen LogP contribution is 2.32. The molecule has 0 aromatic rings. The minimum Gasteiger partial charge on any atom is -0.375 e. The van der Waals surface area contributed by atoms with Crippen LogP contribution in [0.25, 0.3) is 0 Å². The van der Waals surface area contributed by atoms with Gasteiger partial charge in [-0.1, -0.05) is 13.3 Å². The van der Waals surface area contributed by atoms with E-state index in [1.165, 1.54) is 0 Å². The summed E-state index contributed by atoms with van der Waals surface area (Å²) in [4.78, 5) is 0. The summed E-state index contributed by atoms with van der Waals surface area (Å²) < 4.78 is 0. The topological polar surface area (TPSA) is 55.7 Å². The zero-order valence-corrected chi connectivity index (χ0v) is 8.67. The lowest BCUT2D eigenvalue weighted by atomic mass is 9.99. The second kappa shape index (κ2) is 3.53. The van der Waals surface area contributed by atoms with Crippen LogP contribution in [0.4, 0.5) is 0 Å². The smallest absolute Gasteiger partial charge is 0.134 e. The van der Waals surface area contributed by atoms with Crippen molar-refractivity contribution < 1.29 is 10.2 Å². The summed E-state index contributed by atoms with van der Waals surface area (Å²) in [5.41, 5.74) is 0.967. The summed E-state index contributed by atoms with van der Waals surface area (Å²) >= 11 is 0. The Bertz CT molecular complexity index is 184. The fourth-order valence-electron chi connectivity index (χ4n) is 1.89. The molecule has 3 N–H and O–H groups in total. The first-order valence-corrected chi connectivity index (χ1v) is 4.86. The van der Waals surface area contributed by atoms with Gasteiger partial charge in [0.2, 0.25) is 0 Å². The van der Waals surface area contributed by atoms with Crippen LogP contribution in [0.1, 0.15) is 39.5 Å². The van der Waals surface area contributed by atoms with Gasteiger partial charge in [0, 0.05) is 13.5 Å². The lowest BCUT2D eigenvalue weighted by Crippen LogP contribution is -2.47. The predicted molar refractivity (Wildman–Crippen MR) is 50.6 cm³/mol. The normalized spacial score (nSPS) is 41.3. The number of nitrogens with one attached hydrogen (secondary N) is 1. The summed E-state index contributed by atoms with van der Waals surface area (Å²) in [6, 6.07) is 0. The molecule has 0 radical (unpaired) electrons. The molecule has 0 saturated carbocycles. The average molecular weight is 188 g/mol. The van der Waals surface area contributed by atoms with Gasteiger partial charge in [-0.05, 0) is 19.8 Å². The van der Waals surface area contributed by atoms with Crippen molar-refractivity contribution in [2.24, 2.45) is 0 Å². The van der Waals surface area contributed by atoms with E-state index in [2.05, 4.69) is 12.3 Å². The van der Waals surface area contributed by atoms with E-state index in [1.807, 2.05) is 0 Å². The van der Waals surface area contributed by atoms with Crippen LogP contribution >= 0.6 is 0 Å². The number of hydrazine groups is 1. The van der Waals surface area contributed by atoms with Crippen LogP contribution in [-0.4, -0.2) is 33.7 Å². The molecule has 1 fully saturated rings. The van der Waals surface area contributed by atoms with E-state index in [1.54, 1.807) is 19.0 Å². The third kappa shape index (κ3) is 2.40. The number of hydrogen-bond acceptors (Lipinski definition) is 4. The van der Waals surface area contributed by atoms with E-state index in [-0.39, 0.29) is 0 Å². The maximum Gasteiger partial charge on any atom is 0.134 e. The standard InChI is InChI=1S/C9H20N2O2/c1-4-5-6-9(13)7-8(2,12)10-11(9)3/h10,12-13H,4-7H2,1-3H3. The monoisotopic (exact) mass is 188 g/mol. The summed E-state index contributed by atoms with van der Waals surface area (Å²) in [5.74, 6) is 0. The van der Waals surface area contributed by atoms with Crippen LogP contribution in [0, 0.1) is 0 Å². The number of hydrogen-bond donors (Lipinski definition) is 3. The molecule has 1 rings (SSSR count). The Morgan fingerprint density at radius 2 is 2.08 bits per heavy atom. The van der Waals surface area contributed by atoms with Gasteiger partial charge in [0.1, 0.15) is 11.4 Å². The van der Waals surface area contributed by atoms with Gasteiger partial charge in [0.05, 0.1) is 0 Å². The first kappa shape index (κ1) is 10.9. The van der Waals surface area contributed by atoms with E-state index < -0.39 is 11.4 Å². The molecular weight excluding hydrogens is 168 g/mol. The molecule has 4 heteroatoms. The van der Waals surface area contributed by atoms with Gasteiger partial charge in [0.25, 0.3) is 0 Å². The van der Waals surface area contributed by atoms with E-state index in [0.29, 0.717) is 12.8 Å². The van der Waals surface area contributed by atoms with E-state index in [9.17, 15) is 10.2 Å². The van der Waals surface area contributed by atoms with Crippen molar-refractivity contribution in [1.82, 2.24) is 10.4 Å². The fraction of sp³-hybridized carbons (Fsp3) is 1.00. The largest absolute Gasteiger partial charge is 0.375 e. The third-order valence-corrected chi connectivity index (χ3v) is 2.59. The second-order valence-electron chi connectivity index (χ2n) is 4.21. The van der Waals surface area contributed by atoms with Crippen molar-refractivity contribution in [2.75, 3.05) is 7.05 Å². The summed E-state index contributed by atoms with van der Waals surface area (Å²) in [6.07, 6.45) is 3.08. The molecule has 0 amide bonds. The molecule has 4 nitrogen and oxygen atoms in total. The Labute approximate surface area is 79.5 Å². The number of rotatable bonds is 3. The Morgan fingerprint density at radius 1 is 1.46 bits per heavy atom. The zero-order chi connectivity index (χ0) is 10.1. The highest BCUT2D eigenvalue weighted by Gasteiger charge is 2.46. The predicted octanol–water partition coefficient (Wildman–Crippen LogP) is 0.414. The van der Waals surface area contributed by atoms with Gasteiger partial charge in [0.15, 0.2) is 0 Å². The molecule has 13 heavy (non-hydrogen) atoms.